The van der Waals surface area contributed by atoms with E-state index in [2.05, 4.69) is 23.7 Å². The normalized spacial score (nSPS) is 14.6. The van der Waals surface area contributed by atoms with Crippen LogP contribution in [0.4, 0.5) is 10.1 Å². The number of carbonyl (C=O) groups excluding carboxylic acids is 1. The average molecular weight is 400 g/mol. The van der Waals surface area contributed by atoms with Crippen molar-refractivity contribution in [1.82, 2.24) is 14.8 Å². The lowest BCUT2D eigenvalue weighted by Crippen LogP contribution is -2.42. The number of hydrogen-bond donors (Lipinski definition) is 3. The van der Waals surface area contributed by atoms with Crippen molar-refractivity contribution < 1.29 is 9.18 Å². The van der Waals surface area contributed by atoms with Gasteiger partial charge in [0.25, 0.3) is 5.91 Å². The minimum absolute atomic E-state index is 0.0515. The number of fused-ring (bicyclic) bond motifs is 1. The minimum atomic E-state index is -0.396. The molecule has 0 unspecified atom stereocenters. The van der Waals surface area contributed by atoms with Crippen molar-refractivity contribution in [2.24, 2.45) is 5.73 Å². The molecule has 5 N–H and O–H groups in total. The van der Waals surface area contributed by atoms with Crippen LogP contribution in [0.5, 0.6) is 0 Å². The van der Waals surface area contributed by atoms with E-state index in [0.717, 1.165) is 55.1 Å². The highest BCUT2D eigenvalue weighted by molar-refractivity contribution is 5.99. The maximum absolute atomic E-state index is 13.6. The van der Waals surface area contributed by atoms with Gasteiger partial charge in [0.15, 0.2) is 0 Å². The van der Waals surface area contributed by atoms with Gasteiger partial charge < -0.3 is 26.3 Å². The second-order valence-electron chi connectivity index (χ2n) is 7.42. The fraction of sp³-hybridized carbons (Fsp3) is 0.409. The van der Waals surface area contributed by atoms with Gasteiger partial charge in [0.2, 0.25) is 0 Å². The lowest BCUT2D eigenvalue weighted by atomic mass is 10.0. The number of nitrogens with two attached hydrogens (primary N) is 2. The summed E-state index contributed by atoms with van der Waals surface area (Å²) >= 11 is 0. The Morgan fingerprint density at radius 3 is 2.76 bits per heavy atom. The summed E-state index contributed by atoms with van der Waals surface area (Å²) < 4.78 is 13.6. The largest absolute Gasteiger partial charge is 0.398 e. The Labute approximate surface area is 171 Å². The van der Waals surface area contributed by atoms with E-state index in [1.807, 2.05) is 11.8 Å². The van der Waals surface area contributed by atoms with E-state index < -0.39 is 5.82 Å². The molecular weight excluding hydrogens is 369 g/mol. The minimum Gasteiger partial charge on any atom is -0.398 e. The number of hydrogen-bond acceptors (Lipinski definition) is 4. The van der Waals surface area contributed by atoms with Gasteiger partial charge in [0.05, 0.1) is 5.56 Å². The van der Waals surface area contributed by atoms with Crippen molar-refractivity contribution in [3.8, 4) is 0 Å². The van der Waals surface area contributed by atoms with Crippen LogP contribution in [0.15, 0.2) is 18.2 Å². The molecule has 1 amide bonds. The van der Waals surface area contributed by atoms with E-state index in [0.29, 0.717) is 23.5 Å². The van der Waals surface area contributed by atoms with Crippen LogP contribution in [-0.4, -0.2) is 53.4 Å². The molecule has 0 atom stereocenters. The van der Waals surface area contributed by atoms with Crippen molar-refractivity contribution in [3.05, 3.63) is 52.1 Å². The van der Waals surface area contributed by atoms with Gasteiger partial charge in [0, 0.05) is 54.4 Å². The molecule has 2 aromatic rings. The monoisotopic (exact) mass is 399 g/mol. The molecule has 1 aliphatic rings. The van der Waals surface area contributed by atoms with Crippen LogP contribution in [0.1, 0.15) is 46.7 Å². The Hall–Kier alpha value is -2.80. The molecule has 0 aliphatic carbocycles. The SMILES string of the molecule is CCN(CC)CCN1CCc2[nH]c(/C=C(\N)c3cc(F)ccc3N)c(C)c2C1=O. The number of carbonyl (C=O) groups is 1. The molecule has 1 aromatic carbocycles. The zero-order valence-corrected chi connectivity index (χ0v) is 17.4. The Bertz CT molecular complexity index is 930. The van der Waals surface area contributed by atoms with Gasteiger partial charge in [-0.3, -0.25) is 4.79 Å². The highest BCUT2D eigenvalue weighted by Crippen LogP contribution is 2.28. The van der Waals surface area contributed by atoms with Crippen LogP contribution < -0.4 is 11.5 Å². The highest BCUT2D eigenvalue weighted by atomic mass is 19.1. The molecular formula is C22H30FN5O. The Kier molecular flexibility index (Phi) is 6.27. The number of H-pyrrole nitrogens is 1. The summed E-state index contributed by atoms with van der Waals surface area (Å²) in [7, 11) is 0. The van der Waals surface area contributed by atoms with Crippen molar-refractivity contribution in [2.75, 3.05) is 38.5 Å². The van der Waals surface area contributed by atoms with Crippen LogP contribution >= 0.6 is 0 Å². The molecule has 0 spiro atoms. The Balaban J connectivity index is 1.85. The number of nitrogens with one attached hydrogen (secondary N) is 1. The predicted molar refractivity (Wildman–Crippen MR) is 116 cm³/mol. The number of amides is 1. The summed E-state index contributed by atoms with van der Waals surface area (Å²) in [6.45, 7) is 10.4. The van der Waals surface area contributed by atoms with Crippen LogP contribution in [0, 0.1) is 12.7 Å². The molecule has 29 heavy (non-hydrogen) atoms. The molecule has 0 radical (unpaired) electrons. The van der Waals surface area contributed by atoms with E-state index in [1.54, 1.807) is 6.08 Å². The maximum Gasteiger partial charge on any atom is 0.256 e. The number of nitrogen functional groups attached to an aromatic ring is 1. The Morgan fingerprint density at radius 2 is 2.07 bits per heavy atom. The highest BCUT2D eigenvalue weighted by Gasteiger charge is 2.29. The van der Waals surface area contributed by atoms with Gasteiger partial charge in [-0.1, -0.05) is 13.8 Å². The molecule has 6 nitrogen and oxygen atoms in total. The molecule has 156 valence electrons. The van der Waals surface area contributed by atoms with Gasteiger partial charge in [-0.25, -0.2) is 4.39 Å². The summed E-state index contributed by atoms with van der Waals surface area (Å²) in [5, 5.41) is 0. The molecule has 1 aromatic heterocycles. The van der Waals surface area contributed by atoms with Gasteiger partial charge >= 0.3 is 0 Å². The van der Waals surface area contributed by atoms with Gasteiger partial charge in [-0.2, -0.15) is 0 Å². The second kappa shape index (κ2) is 8.69. The van der Waals surface area contributed by atoms with Crippen molar-refractivity contribution >= 4 is 23.4 Å². The summed E-state index contributed by atoms with van der Waals surface area (Å²) in [5.74, 6) is -0.345. The van der Waals surface area contributed by atoms with Gasteiger partial charge in [-0.05, 0) is 49.9 Å². The number of nitrogens with zero attached hydrogens (tertiary/aromatic N) is 2. The number of anilines is 1. The van der Waals surface area contributed by atoms with E-state index in [1.165, 1.54) is 18.2 Å². The van der Waals surface area contributed by atoms with Crippen LogP contribution in [-0.2, 0) is 6.42 Å². The number of likely N-dealkylation sites (N-methyl/N-ethyl adjacent to an activating group) is 1. The first-order valence-electron chi connectivity index (χ1n) is 10.1. The number of halogens is 1. The molecule has 7 heteroatoms. The summed E-state index contributed by atoms with van der Waals surface area (Å²) in [4.78, 5) is 20.6. The van der Waals surface area contributed by atoms with E-state index in [4.69, 9.17) is 11.5 Å². The molecule has 3 rings (SSSR count). The third-order valence-electron chi connectivity index (χ3n) is 5.71. The van der Waals surface area contributed by atoms with Crippen LogP contribution in [0.25, 0.3) is 11.8 Å². The number of aromatic nitrogens is 1. The topological polar surface area (TPSA) is 91.4 Å². The third-order valence-corrected chi connectivity index (χ3v) is 5.71. The maximum atomic E-state index is 13.6. The average Bonchev–Trinajstić information content (AvgIpc) is 3.02. The molecule has 2 heterocycles. The van der Waals surface area contributed by atoms with Gasteiger partial charge in [0.1, 0.15) is 5.82 Å². The summed E-state index contributed by atoms with van der Waals surface area (Å²) in [6.07, 6.45) is 2.50. The second-order valence-corrected chi connectivity index (χ2v) is 7.42. The van der Waals surface area contributed by atoms with Gasteiger partial charge in [-0.15, -0.1) is 0 Å². The van der Waals surface area contributed by atoms with E-state index in [-0.39, 0.29) is 5.91 Å². The third kappa shape index (κ3) is 4.29. The lowest BCUT2D eigenvalue weighted by molar-refractivity contribution is 0.0720. The lowest BCUT2D eigenvalue weighted by Gasteiger charge is -2.29. The van der Waals surface area contributed by atoms with Crippen LogP contribution in [0.3, 0.4) is 0 Å². The molecule has 0 bridgehead atoms. The molecule has 0 saturated heterocycles. The predicted octanol–water partition coefficient (Wildman–Crippen LogP) is 2.84. The standard InChI is InChI=1S/C22H30FN5O/c1-4-27(5-2)10-11-28-9-8-19-21(22(28)29)14(3)20(26-19)13-18(25)16-12-15(23)6-7-17(16)24/h6-7,12-13,26H,4-5,8-11,24-25H2,1-3H3/b18-13-. The van der Waals surface area contributed by atoms with Crippen molar-refractivity contribution in [1.29, 1.82) is 0 Å². The first kappa shape index (κ1) is 20.9. The molecule has 0 fully saturated rings. The van der Waals surface area contributed by atoms with E-state index in [9.17, 15) is 9.18 Å². The number of benzene rings is 1. The Morgan fingerprint density at radius 1 is 1.34 bits per heavy atom. The zero-order chi connectivity index (χ0) is 21.1. The molecule has 0 saturated carbocycles. The number of aromatic amines is 1. The fourth-order valence-corrected chi connectivity index (χ4v) is 3.83. The summed E-state index contributed by atoms with van der Waals surface area (Å²) in [6, 6.07) is 4.12. The van der Waals surface area contributed by atoms with Crippen molar-refractivity contribution in [2.45, 2.75) is 27.2 Å². The fourth-order valence-electron chi connectivity index (χ4n) is 3.83. The number of rotatable bonds is 7. The zero-order valence-electron chi connectivity index (χ0n) is 17.4. The smallest absolute Gasteiger partial charge is 0.256 e. The molecule has 1 aliphatic heterocycles. The quantitative estimate of drug-likeness (QED) is 0.625. The summed E-state index contributed by atoms with van der Waals surface area (Å²) in [5.41, 5.74) is 16.6. The van der Waals surface area contributed by atoms with E-state index >= 15 is 0 Å². The first-order chi connectivity index (χ1) is 13.8. The van der Waals surface area contributed by atoms with Crippen LogP contribution in [0.2, 0.25) is 0 Å². The first-order valence-corrected chi connectivity index (χ1v) is 10.1. The van der Waals surface area contributed by atoms with Crippen molar-refractivity contribution in [3.63, 3.8) is 0 Å².